The smallest absolute Gasteiger partial charge is 0.303 e. The number of carbonyl (C=O) groups is 3. The van der Waals surface area contributed by atoms with Gasteiger partial charge in [-0.1, -0.05) is 13.8 Å². The molecule has 2 saturated heterocycles. The van der Waals surface area contributed by atoms with Crippen LogP contribution in [0.25, 0.3) is 0 Å². The van der Waals surface area contributed by atoms with Crippen LogP contribution in [0, 0.1) is 29.6 Å². The number of rotatable bonds is 12. The van der Waals surface area contributed by atoms with Gasteiger partial charge in [0.2, 0.25) is 6.29 Å². The molecule has 1 aromatic rings. The lowest BCUT2D eigenvalue weighted by Gasteiger charge is -2.61. The highest BCUT2D eigenvalue weighted by Gasteiger charge is 2.73. The van der Waals surface area contributed by atoms with Crippen molar-refractivity contribution in [1.29, 1.82) is 0 Å². The molecule has 6 rings (SSSR count). The fourth-order valence-electron chi connectivity index (χ4n) is 11.6. The van der Waals surface area contributed by atoms with Crippen LogP contribution < -0.4 is 4.74 Å². The van der Waals surface area contributed by atoms with Crippen molar-refractivity contribution < 1.29 is 89.1 Å². The number of fused-ring (bicyclic) bond motifs is 5. The maximum Gasteiger partial charge on any atom is 0.303 e. The van der Waals surface area contributed by atoms with E-state index < -0.39 is 132 Å². The third kappa shape index (κ3) is 7.81. The molecule has 18 heteroatoms. The average molecular weight is 869 g/mol. The topological polar surface area (TPSA) is 300 Å². The fourth-order valence-corrected chi connectivity index (χ4v) is 11.6. The van der Waals surface area contributed by atoms with Gasteiger partial charge in [-0.05, 0) is 99.8 Å². The van der Waals surface area contributed by atoms with Crippen LogP contribution in [-0.4, -0.2) is 161 Å². The Hall–Kier alpha value is -2.85. The number of hydrogen-bond acceptors (Lipinski definition) is 18. The Morgan fingerprint density at radius 3 is 2.08 bits per heavy atom. The van der Waals surface area contributed by atoms with Gasteiger partial charge in [0, 0.05) is 25.7 Å². The lowest BCUT2D eigenvalue weighted by Crippen LogP contribution is -2.63. The van der Waals surface area contributed by atoms with Gasteiger partial charge in [-0.15, -0.1) is 0 Å². The van der Waals surface area contributed by atoms with Crippen molar-refractivity contribution in [3.8, 4) is 11.5 Å². The van der Waals surface area contributed by atoms with Gasteiger partial charge in [0.1, 0.15) is 65.8 Å². The number of carbonyl (C=O) groups excluding carboxylic acids is 3. The van der Waals surface area contributed by atoms with E-state index in [1.54, 1.807) is 20.8 Å². The minimum absolute atomic E-state index is 0.110. The fraction of sp³-hybridized carbons (Fsp3) is 0.791. The monoisotopic (exact) mass is 868 g/mol. The number of ether oxygens (including phenoxy) is 5. The van der Waals surface area contributed by atoms with E-state index in [1.165, 1.54) is 19.9 Å². The second-order valence-electron chi connectivity index (χ2n) is 19.4. The largest absolute Gasteiger partial charge is 0.504 e. The summed E-state index contributed by atoms with van der Waals surface area (Å²) in [6, 6.07) is 1.49. The normalized spacial score (nSPS) is 42.2. The number of esters is 1. The van der Waals surface area contributed by atoms with Gasteiger partial charge in [0.25, 0.3) is 0 Å². The standard InChI is InChI=1S/C43H64O18/c1-18-20-9-10-26-40(5)14-22(46)36(43(8,56)27(47)11-12-39(3,4)61-19(2)45)41(40,6)15-28(48)42(26,7)21(20)13-23(29(18)49)58-38-35(55)33(53)31(51)25(60-38)17-57-37-34(54)32(52)30(50)24(16-44)59-37/h13,22,24-26,30-38,44,46,49-56H,9-12,14-17H2,1-8H3/t22-,24-,25-,26+,30-,31-,32+,33+,34-,35-,36+,37-,38-,40-,41-,42+,43+/m1/s1. The number of aliphatic hydroxyl groups excluding tert-OH is 8. The molecule has 17 atom stereocenters. The Kier molecular flexibility index (Phi) is 13.0. The van der Waals surface area contributed by atoms with E-state index in [9.17, 15) is 65.4 Å². The van der Waals surface area contributed by atoms with E-state index in [4.69, 9.17) is 23.7 Å². The maximum atomic E-state index is 14.9. The molecular formula is C43H64O18. The molecule has 61 heavy (non-hydrogen) atoms. The molecule has 2 heterocycles. The zero-order valence-corrected chi connectivity index (χ0v) is 36.0. The molecule has 1 aromatic carbocycles. The van der Waals surface area contributed by atoms with E-state index in [0.717, 1.165) is 0 Å². The molecule has 0 unspecified atom stereocenters. The van der Waals surface area contributed by atoms with Crippen LogP contribution in [0.3, 0.4) is 0 Å². The molecule has 4 fully saturated rings. The number of hydrogen-bond donors (Lipinski definition) is 10. The van der Waals surface area contributed by atoms with Crippen LogP contribution >= 0.6 is 0 Å². The van der Waals surface area contributed by atoms with Gasteiger partial charge in [0.05, 0.1) is 24.7 Å². The van der Waals surface area contributed by atoms with Gasteiger partial charge in [-0.2, -0.15) is 0 Å². The lowest BCUT2D eigenvalue weighted by atomic mass is 9.41. The van der Waals surface area contributed by atoms with Crippen LogP contribution in [0.2, 0.25) is 0 Å². The number of ketones is 2. The van der Waals surface area contributed by atoms with Crippen LogP contribution in [0.4, 0.5) is 0 Å². The predicted molar refractivity (Wildman–Crippen MR) is 210 cm³/mol. The predicted octanol–water partition coefficient (Wildman–Crippen LogP) is -0.668. The zero-order valence-electron chi connectivity index (χ0n) is 36.0. The van der Waals surface area contributed by atoms with Gasteiger partial charge < -0.3 is 74.7 Å². The molecule has 0 aromatic heterocycles. The van der Waals surface area contributed by atoms with Crippen molar-refractivity contribution in [3.63, 3.8) is 0 Å². The summed E-state index contributed by atoms with van der Waals surface area (Å²) in [5.74, 6) is -3.25. The first-order valence-corrected chi connectivity index (χ1v) is 21.0. The maximum absolute atomic E-state index is 14.9. The number of aromatic hydroxyl groups is 1. The van der Waals surface area contributed by atoms with E-state index in [1.807, 2.05) is 20.8 Å². The third-order valence-corrected chi connectivity index (χ3v) is 15.2. The highest BCUT2D eigenvalue weighted by molar-refractivity contribution is 5.94. The SMILES string of the molecule is CC(=O)OC(C)(C)CCC(=O)[C@](C)(O)[C@H]1[C@H](O)C[C@]2(C)[C@@H]3CCc4c(cc(O[C@@H]5O[C@H](CO[C@@H]6O[C@H](CO)[C@@H](O)[C@H](O)[C@H]6O)[C@@H](O)[C@H](O)[C@H]5O)c(O)c4C)[C@]3(C)C(=O)C[C@]12C. The van der Waals surface area contributed by atoms with Gasteiger partial charge in [-0.25, -0.2) is 0 Å². The second-order valence-corrected chi connectivity index (χ2v) is 19.4. The first kappa shape index (κ1) is 47.6. The van der Waals surface area contributed by atoms with Crippen molar-refractivity contribution in [3.05, 3.63) is 22.8 Å². The summed E-state index contributed by atoms with van der Waals surface area (Å²) in [6.07, 6.45) is -16.9. The van der Waals surface area contributed by atoms with E-state index >= 15 is 0 Å². The van der Waals surface area contributed by atoms with Crippen LogP contribution in [-0.2, 0) is 45.2 Å². The molecule has 0 spiro atoms. The number of phenolic OH excluding ortho intramolecular Hbond substituents is 1. The summed E-state index contributed by atoms with van der Waals surface area (Å²) in [6.45, 7) is 12.0. The minimum atomic E-state index is -2.04. The Morgan fingerprint density at radius 1 is 0.885 bits per heavy atom. The van der Waals surface area contributed by atoms with Crippen LogP contribution in [0.15, 0.2) is 6.07 Å². The molecule has 0 radical (unpaired) electrons. The Bertz CT molecular complexity index is 1850. The highest BCUT2D eigenvalue weighted by Crippen LogP contribution is 2.72. The van der Waals surface area contributed by atoms with E-state index in [2.05, 4.69) is 0 Å². The van der Waals surface area contributed by atoms with Gasteiger partial charge in [0.15, 0.2) is 23.6 Å². The molecule has 2 aliphatic heterocycles. The van der Waals surface area contributed by atoms with E-state index in [-0.39, 0.29) is 43.0 Å². The number of Topliss-reactive ketones (excluding diaryl/α,β-unsaturated/α-hetero) is 2. The van der Waals surface area contributed by atoms with Crippen LogP contribution in [0.5, 0.6) is 11.5 Å². The summed E-state index contributed by atoms with van der Waals surface area (Å²) >= 11 is 0. The average Bonchev–Trinajstić information content (AvgIpc) is 3.38. The van der Waals surface area contributed by atoms with Gasteiger partial charge in [-0.3, -0.25) is 14.4 Å². The third-order valence-electron chi connectivity index (χ3n) is 15.2. The Balaban J connectivity index is 1.26. The first-order chi connectivity index (χ1) is 28.2. The van der Waals surface area contributed by atoms with Gasteiger partial charge >= 0.3 is 5.97 Å². The van der Waals surface area contributed by atoms with Crippen molar-refractivity contribution in [2.45, 2.75) is 178 Å². The number of aliphatic hydroxyl groups is 9. The lowest BCUT2D eigenvalue weighted by molar-refractivity contribution is -0.323. The summed E-state index contributed by atoms with van der Waals surface area (Å²) in [5, 5.41) is 108. The van der Waals surface area contributed by atoms with Crippen molar-refractivity contribution in [2.75, 3.05) is 13.2 Å². The molecule has 344 valence electrons. The van der Waals surface area contributed by atoms with E-state index in [0.29, 0.717) is 29.5 Å². The molecule has 0 bridgehead atoms. The van der Waals surface area contributed by atoms with Crippen molar-refractivity contribution in [1.82, 2.24) is 0 Å². The quantitative estimate of drug-likeness (QED) is 0.117. The molecule has 3 aliphatic carbocycles. The van der Waals surface area contributed by atoms with Crippen molar-refractivity contribution >= 4 is 17.5 Å². The number of phenols is 1. The summed E-state index contributed by atoms with van der Waals surface area (Å²) in [5.41, 5.74) is -4.48. The molecule has 0 amide bonds. The first-order valence-electron chi connectivity index (χ1n) is 21.0. The van der Waals surface area contributed by atoms with Crippen LogP contribution in [0.1, 0.15) is 97.3 Å². The molecular weight excluding hydrogens is 804 g/mol. The minimum Gasteiger partial charge on any atom is -0.504 e. The molecule has 10 N–H and O–H groups in total. The molecule has 18 nitrogen and oxygen atoms in total. The molecule has 2 saturated carbocycles. The summed E-state index contributed by atoms with van der Waals surface area (Å²) in [4.78, 5) is 40.3. The summed E-state index contributed by atoms with van der Waals surface area (Å²) in [7, 11) is 0. The Labute approximate surface area is 354 Å². The highest BCUT2D eigenvalue weighted by atomic mass is 16.7. The second kappa shape index (κ2) is 16.6. The molecule has 5 aliphatic rings. The Morgan fingerprint density at radius 2 is 1.48 bits per heavy atom. The number of benzene rings is 1. The van der Waals surface area contributed by atoms with Crippen molar-refractivity contribution in [2.24, 2.45) is 22.7 Å². The zero-order chi connectivity index (χ0) is 45.5. The summed E-state index contributed by atoms with van der Waals surface area (Å²) < 4.78 is 28.1.